The van der Waals surface area contributed by atoms with Gasteiger partial charge in [-0.05, 0) is 78.3 Å². The van der Waals surface area contributed by atoms with E-state index in [4.69, 9.17) is 0 Å². The zero-order valence-electron chi connectivity index (χ0n) is 21.7. The maximum atomic E-state index is 15.0. The number of rotatable bonds is 9. The van der Waals surface area contributed by atoms with Crippen LogP contribution in [0.3, 0.4) is 0 Å². The van der Waals surface area contributed by atoms with Crippen LogP contribution in [-0.4, -0.2) is 0 Å². The van der Waals surface area contributed by atoms with Crippen molar-refractivity contribution in [3.63, 3.8) is 0 Å². The topological polar surface area (TPSA) is 0 Å². The summed E-state index contributed by atoms with van der Waals surface area (Å²) in [4.78, 5) is 0. The number of halogens is 1. The highest BCUT2D eigenvalue weighted by molar-refractivity contribution is 5.85. The number of hydrogen-bond donors (Lipinski definition) is 0. The molecular weight excluding hydrogens is 427 g/mol. The van der Waals surface area contributed by atoms with Crippen LogP contribution in [0.5, 0.6) is 0 Å². The number of benzene rings is 3. The Kier molecular flexibility index (Phi) is 9.42. The van der Waals surface area contributed by atoms with Crippen molar-refractivity contribution in [2.24, 2.45) is 11.8 Å². The Morgan fingerprint density at radius 3 is 2.26 bits per heavy atom. The first kappa shape index (κ1) is 25.5. The lowest BCUT2D eigenvalue weighted by Crippen LogP contribution is -2.12. The van der Waals surface area contributed by atoms with E-state index in [1.807, 2.05) is 30.3 Å². The molecule has 0 radical (unpaired) electrons. The second kappa shape index (κ2) is 12.9. The van der Waals surface area contributed by atoms with Crippen molar-refractivity contribution in [3.05, 3.63) is 82.7 Å². The number of aryl methyl sites for hydroxylation is 2. The second-order valence-corrected chi connectivity index (χ2v) is 10.8. The lowest BCUT2D eigenvalue weighted by molar-refractivity contribution is 0.278. The number of fused-ring (bicyclic) bond motifs is 1. The molecule has 1 saturated carbocycles. The first-order valence-corrected chi connectivity index (χ1v) is 13.9. The molecule has 0 aromatic heterocycles. The van der Waals surface area contributed by atoms with Gasteiger partial charge in [-0.15, -0.1) is 0 Å². The van der Waals surface area contributed by atoms with E-state index >= 15 is 4.39 Å². The van der Waals surface area contributed by atoms with E-state index < -0.39 is 0 Å². The fourth-order valence-electron chi connectivity index (χ4n) is 5.41. The van der Waals surface area contributed by atoms with Crippen molar-refractivity contribution >= 4 is 10.8 Å². The molecule has 0 saturated heterocycles. The Labute approximate surface area is 212 Å². The molecule has 0 unspecified atom stereocenters. The van der Waals surface area contributed by atoms with Crippen molar-refractivity contribution < 1.29 is 4.39 Å². The maximum absolute atomic E-state index is 15.0. The first-order chi connectivity index (χ1) is 17.1. The molecule has 1 aliphatic carbocycles. The van der Waals surface area contributed by atoms with Crippen LogP contribution in [0.4, 0.5) is 4.39 Å². The SMILES string of the molecule is CCCCCCCc1ccc2cc(C#Cc3ccc(CCC4CCC(C)CC4)cc3)ccc2c1F. The molecule has 1 aliphatic rings. The van der Waals surface area contributed by atoms with Gasteiger partial charge in [-0.2, -0.15) is 0 Å². The van der Waals surface area contributed by atoms with Crippen LogP contribution in [0.25, 0.3) is 10.8 Å². The zero-order valence-corrected chi connectivity index (χ0v) is 21.7. The molecule has 184 valence electrons. The monoisotopic (exact) mass is 468 g/mol. The van der Waals surface area contributed by atoms with Crippen LogP contribution in [0.15, 0.2) is 54.6 Å². The summed E-state index contributed by atoms with van der Waals surface area (Å²) in [5.41, 5.74) is 4.22. The fourth-order valence-corrected chi connectivity index (χ4v) is 5.41. The van der Waals surface area contributed by atoms with Gasteiger partial charge in [-0.3, -0.25) is 0 Å². The highest BCUT2D eigenvalue weighted by Crippen LogP contribution is 2.31. The van der Waals surface area contributed by atoms with E-state index in [0.29, 0.717) is 5.39 Å². The van der Waals surface area contributed by atoms with Crippen LogP contribution < -0.4 is 0 Å². The van der Waals surface area contributed by atoms with Crippen LogP contribution in [0.2, 0.25) is 0 Å². The molecule has 4 rings (SSSR count). The third-order valence-corrected chi connectivity index (χ3v) is 7.87. The van der Waals surface area contributed by atoms with Gasteiger partial charge in [0.1, 0.15) is 5.82 Å². The van der Waals surface area contributed by atoms with Gasteiger partial charge in [0.05, 0.1) is 0 Å². The Morgan fingerprint density at radius 1 is 0.771 bits per heavy atom. The molecule has 35 heavy (non-hydrogen) atoms. The lowest BCUT2D eigenvalue weighted by Gasteiger charge is -2.26. The van der Waals surface area contributed by atoms with Gasteiger partial charge in [-0.1, -0.05) is 107 Å². The summed E-state index contributed by atoms with van der Waals surface area (Å²) in [6, 6.07) is 18.6. The normalized spacial score (nSPS) is 17.8. The summed E-state index contributed by atoms with van der Waals surface area (Å²) in [7, 11) is 0. The lowest BCUT2D eigenvalue weighted by atomic mass is 9.80. The molecule has 0 atom stereocenters. The van der Waals surface area contributed by atoms with Crippen molar-refractivity contribution in [2.45, 2.75) is 90.9 Å². The first-order valence-electron chi connectivity index (χ1n) is 13.9. The summed E-state index contributed by atoms with van der Waals surface area (Å²) >= 11 is 0. The molecule has 3 aromatic carbocycles. The van der Waals surface area contributed by atoms with Crippen LogP contribution >= 0.6 is 0 Å². The predicted molar refractivity (Wildman–Crippen MR) is 148 cm³/mol. The molecule has 1 heteroatoms. The fraction of sp³-hybridized carbons (Fsp3) is 0.471. The summed E-state index contributed by atoms with van der Waals surface area (Å²) in [5, 5.41) is 1.63. The van der Waals surface area contributed by atoms with E-state index in [-0.39, 0.29) is 5.82 Å². The van der Waals surface area contributed by atoms with Crippen molar-refractivity contribution in [3.8, 4) is 11.8 Å². The van der Waals surface area contributed by atoms with Gasteiger partial charge >= 0.3 is 0 Å². The third-order valence-electron chi connectivity index (χ3n) is 7.87. The molecule has 0 nitrogen and oxygen atoms in total. The Bertz CT molecular complexity index is 1140. The van der Waals surface area contributed by atoms with E-state index in [1.54, 1.807) is 0 Å². The second-order valence-electron chi connectivity index (χ2n) is 10.8. The molecule has 3 aromatic rings. The zero-order chi connectivity index (χ0) is 24.5. The largest absolute Gasteiger partial charge is 0.206 e. The van der Waals surface area contributed by atoms with Crippen molar-refractivity contribution in [1.29, 1.82) is 0 Å². The number of unbranched alkanes of at least 4 members (excludes halogenated alkanes) is 4. The minimum Gasteiger partial charge on any atom is -0.206 e. The minimum atomic E-state index is -0.0594. The van der Waals surface area contributed by atoms with Crippen molar-refractivity contribution in [1.82, 2.24) is 0 Å². The van der Waals surface area contributed by atoms with Crippen LogP contribution in [-0.2, 0) is 12.8 Å². The molecular formula is C34H41F. The van der Waals surface area contributed by atoms with Gasteiger partial charge < -0.3 is 0 Å². The van der Waals surface area contributed by atoms with E-state index in [2.05, 4.69) is 50.0 Å². The van der Waals surface area contributed by atoms with Gasteiger partial charge in [-0.25, -0.2) is 4.39 Å². The Hall–Kier alpha value is -2.59. The molecule has 1 fully saturated rings. The average molecular weight is 469 g/mol. The molecule has 0 amide bonds. The van der Waals surface area contributed by atoms with Gasteiger partial charge in [0.25, 0.3) is 0 Å². The Balaban J connectivity index is 1.34. The van der Waals surface area contributed by atoms with Crippen LogP contribution in [0.1, 0.15) is 100 Å². The minimum absolute atomic E-state index is 0.0594. The van der Waals surface area contributed by atoms with Gasteiger partial charge in [0, 0.05) is 16.5 Å². The summed E-state index contributed by atoms with van der Waals surface area (Å²) in [5.74, 6) is 8.34. The molecule has 0 heterocycles. The summed E-state index contributed by atoms with van der Waals surface area (Å²) in [6.45, 7) is 4.61. The Morgan fingerprint density at radius 2 is 1.49 bits per heavy atom. The van der Waals surface area contributed by atoms with E-state index in [9.17, 15) is 0 Å². The van der Waals surface area contributed by atoms with Crippen molar-refractivity contribution in [2.75, 3.05) is 0 Å². The highest BCUT2D eigenvalue weighted by Gasteiger charge is 2.17. The standard InChI is InChI=1S/C34H41F/c1-3-4-5-6-7-8-31-22-23-32-25-30(21-24-33(32)34(31)35)20-19-29-17-15-28(16-18-29)14-13-27-11-9-26(2)10-12-27/h15-18,21-27H,3-14H2,1-2H3. The quantitative estimate of drug-likeness (QED) is 0.216. The third kappa shape index (κ3) is 7.44. The molecule has 0 bridgehead atoms. The summed E-state index contributed by atoms with van der Waals surface area (Å²) < 4.78 is 15.0. The smallest absolute Gasteiger partial charge is 0.134 e. The summed E-state index contributed by atoms with van der Waals surface area (Å²) in [6.07, 6.45) is 14.9. The van der Waals surface area contributed by atoms with E-state index in [1.165, 1.54) is 69.8 Å². The predicted octanol–water partition coefficient (Wildman–Crippen LogP) is 9.65. The number of hydrogen-bond acceptors (Lipinski definition) is 0. The average Bonchev–Trinajstić information content (AvgIpc) is 2.89. The highest BCUT2D eigenvalue weighted by atomic mass is 19.1. The molecule has 0 spiro atoms. The maximum Gasteiger partial charge on any atom is 0.134 e. The van der Waals surface area contributed by atoms with Gasteiger partial charge in [0.15, 0.2) is 0 Å². The van der Waals surface area contributed by atoms with Gasteiger partial charge in [0.2, 0.25) is 0 Å². The van der Waals surface area contributed by atoms with E-state index in [0.717, 1.165) is 46.8 Å². The molecule has 0 aliphatic heterocycles. The molecule has 0 N–H and O–H groups in total. The van der Waals surface area contributed by atoms with Crippen LogP contribution in [0, 0.1) is 29.5 Å².